The van der Waals surface area contributed by atoms with Gasteiger partial charge in [0, 0.05) is 28.6 Å². The van der Waals surface area contributed by atoms with Crippen molar-refractivity contribution in [2.75, 3.05) is 18.1 Å². The maximum atomic E-state index is 4.52. The predicted octanol–water partition coefficient (Wildman–Crippen LogP) is 4.33. The number of thioether (sulfide) groups is 2. The van der Waals surface area contributed by atoms with E-state index < -0.39 is 0 Å². The van der Waals surface area contributed by atoms with Gasteiger partial charge in [-0.05, 0) is 42.2 Å². The van der Waals surface area contributed by atoms with Crippen LogP contribution in [0.3, 0.4) is 0 Å². The molecule has 2 rings (SSSR count). The smallest absolute Gasteiger partial charge is 0.0707 e. The fourth-order valence-electron chi connectivity index (χ4n) is 2.85. The number of hydrogen-bond acceptors (Lipinski definition) is 4. The molecule has 0 amide bonds. The molecular weight excluding hydrogens is 366 g/mol. The number of aryl methyl sites for hydroxylation is 1. The maximum Gasteiger partial charge on any atom is 0.0707 e. The molecule has 3 nitrogen and oxygen atoms in total. The normalized spacial score (nSPS) is 24.2. The standard InChI is InChI=1S/C15H26BrN3S2/c1-4-7-17-13(14-11(16)10-18-19(14)6-3)15-12(5-2)20-8-9-21-15/h10,12-13,15,17H,4-9H2,1-3H3. The van der Waals surface area contributed by atoms with Gasteiger partial charge in [-0.3, -0.25) is 4.68 Å². The molecule has 0 aliphatic carbocycles. The summed E-state index contributed by atoms with van der Waals surface area (Å²) in [6.45, 7) is 8.70. The van der Waals surface area contributed by atoms with Crippen LogP contribution in [0.15, 0.2) is 10.7 Å². The average Bonchev–Trinajstić information content (AvgIpc) is 2.89. The van der Waals surface area contributed by atoms with E-state index in [1.807, 2.05) is 6.20 Å². The Morgan fingerprint density at radius 2 is 2.14 bits per heavy atom. The molecule has 1 N–H and O–H groups in total. The van der Waals surface area contributed by atoms with Crippen molar-refractivity contribution in [2.24, 2.45) is 0 Å². The monoisotopic (exact) mass is 391 g/mol. The zero-order valence-electron chi connectivity index (χ0n) is 13.1. The molecule has 2 heterocycles. The van der Waals surface area contributed by atoms with Crippen LogP contribution < -0.4 is 5.32 Å². The van der Waals surface area contributed by atoms with Crippen LogP contribution in [0.1, 0.15) is 45.3 Å². The number of hydrogen-bond donors (Lipinski definition) is 1. The first-order chi connectivity index (χ1) is 10.2. The Labute approximate surface area is 145 Å². The highest BCUT2D eigenvalue weighted by molar-refractivity contribution is 9.10. The van der Waals surface area contributed by atoms with Crippen molar-refractivity contribution in [1.29, 1.82) is 0 Å². The van der Waals surface area contributed by atoms with E-state index in [2.05, 4.69) is 75.3 Å². The van der Waals surface area contributed by atoms with Crippen molar-refractivity contribution < 1.29 is 0 Å². The first-order valence-electron chi connectivity index (χ1n) is 7.90. The summed E-state index contributed by atoms with van der Waals surface area (Å²) in [5.41, 5.74) is 1.32. The molecule has 0 bridgehead atoms. The van der Waals surface area contributed by atoms with Crippen molar-refractivity contribution in [3.05, 3.63) is 16.4 Å². The average molecular weight is 392 g/mol. The minimum absolute atomic E-state index is 0.379. The summed E-state index contributed by atoms with van der Waals surface area (Å²) < 4.78 is 3.29. The summed E-state index contributed by atoms with van der Waals surface area (Å²) in [7, 11) is 0. The van der Waals surface area contributed by atoms with Gasteiger partial charge in [0.15, 0.2) is 0 Å². The van der Waals surface area contributed by atoms with E-state index in [4.69, 9.17) is 0 Å². The third-order valence-electron chi connectivity index (χ3n) is 3.86. The largest absolute Gasteiger partial charge is 0.308 e. The van der Waals surface area contributed by atoms with Crippen LogP contribution in [0, 0.1) is 0 Å². The van der Waals surface area contributed by atoms with E-state index in [0.29, 0.717) is 11.3 Å². The molecular formula is C15H26BrN3S2. The van der Waals surface area contributed by atoms with E-state index in [0.717, 1.165) is 29.2 Å². The molecule has 1 aliphatic heterocycles. The van der Waals surface area contributed by atoms with E-state index in [9.17, 15) is 0 Å². The molecule has 1 aliphatic rings. The second-order valence-corrected chi connectivity index (χ2v) is 8.77. The van der Waals surface area contributed by atoms with Gasteiger partial charge in [-0.1, -0.05) is 13.8 Å². The van der Waals surface area contributed by atoms with Crippen molar-refractivity contribution in [3.8, 4) is 0 Å². The number of nitrogens with one attached hydrogen (secondary N) is 1. The molecule has 0 radical (unpaired) electrons. The van der Waals surface area contributed by atoms with Crippen LogP contribution in [0.25, 0.3) is 0 Å². The van der Waals surface area contributed by atoms with Gasteiger partial charge in [-0.25, -0.2) is 0 Å². The Hall–Kier alpha value is 0.350. The van der Waals surface area contributed by atoms with Crippen LogP contribution in [0.5, 0.6) is 0 Å². The highest BCUT2D eigenvalue weighted by Gasteiger charge is 2.35. The summed E-state index contributed by atoms with van der Waals surface area (Å²) in [4.78, 5) is 0. The van der Waals surface area contributed by atoms with Crippen LogP contribution in [0.4, 0.5) is 0 Å². The van der Waals surface area contributed by atoms with E-state index in [1.165, 1.54) is 23.6 Å². The Morgan fingerprint density at radius 3 is 2.81 bits per heavy atom. The fraction of sp³-hybridized carbons (Fsp3) is 0.800. The van der Waals surface area contributed by atoms with Crippen LogP contribution in [-0.4, -0.2) is 38.3 Å². The van der Waals surface area contributed by atoms with Crippen molar-refractivity contribution in [3.63, 3.8) is 0 Å². The summed E-state index contributed by atoms with van der Waals surface area (Å²) in [5.74, 6) is 2.54. The van der Waals surface area contributed by atoms with Crippen LogP contribution >= 0.6 is 39.5 Å². The zero-order chi connectivity index (χ0) is 15.2. The Bertz CT molecular complexity index is 439. The maximum absolute atomic E-state index is 4.52. The van der Waals surface area contributed by atoms with Gasteiger partial charge in [0.25, 0.3) is 0 Å². The van der Waals surface area contributed by atoms with Gasteiger partial charge >= 0.3 is 0 Å². The molecule has 120 valence electrons. The third-order valence-corrected chi connectivity index (χ3v) is 7.83. The van der Waals surface area contributed by atoms with Gasteiger partial charge in [0.2, 0.25) is 0 Å². The van der Waals surface area contributed by atoms with Crippen molar-refractivity contribution in [1.82, 2.24) is 15.1 Å². The summed E-state index contributed by atoms with van der Waals surface area (Å²) >= 11 is 8.00. The fourth-order valence-corrected chi connectivity index (χ4v) is 6.61. The van der Waals surface area contributed by atoms with Crippen molar-refractivity contribution >= 4 is 39.5 Å². The lowest BCUT2D eigenvalue weighted by Gasteiger charge is -2.36. The lowest BCUT2D eigenvalue weighted by molar-refractivity contribution is 0.456. The molecule has 0 saturated carbocycles. The molecule has 1 aromatic rings. The molecule has 3 atom stereocenters. The molecule has 0 spiro atoms. The molecule has 1 fully saturated rings. The quantitative estimate of drug-likeness (QED) is 0.748. The third kappa shape index (κ3) is 4.21. The Balaban J connectivity index is 2.30. The minimum atomic E-state index is 0.379. The van der Waals surface area contributed by atoms with Gasteiger partial charge in [0.05, 0.1) is 22.4 Å². The Kier molecular flexibility index (Phi) is 7.46. The SMILES string of the molecule is CCCNC(c1c(Br)cnn1CC)C1SCCSC1CC. The number of halogens is 1. The van der Waals surface area contributed by atoms with Gasteiger partial charge in [-0.2, -0.15) is 28.6 Å². The van der Waals surface area contributed by atoms with E-state index in [1.54, 1.807) is 0 Å². The molecule has 3 unspecified atom stereocenters. The van der Waals surface area contributed by atoms with Gasteiger partial charge in [-0.15, -0.1) is 0 Å². The predicted molar refractivity (Wildman–Crippen MR) is 99.4 cm³/mol. The highest BCUT2D eigenvalue weighted by Crippen LogP contribution is 2.41. The second-order valence-electron chi connectivity index (χ2n) is 5.28. The molecule has 6 heteroatoms. The first-order valence-corrected chi connectivity index (χ1v) is 10.8. The molecule has 1 aromatic heterocycles. The minimum Gasteiger partial charge on any atom is -0.308 e. The van der Waals surface area contributed by atoms with Crippen LogP contribution in [0.2, 0.25) is 0 Å². The topological polar surface area (TPSA) is 29.9 Å². The lowest BCUT2D eigenvalue weighted by atomic mass is 10.0. The first kappa shape index (κ1) is 17.7. The summed E-state index contributed by atoms with van der Waals surface area (Å²) in [5, 5.41) is 9.67. The second kappa shape index (κ2) is 8.85. The summed E-state index contributed by atoms with van der Waals surface area (Å²) in [6.07, 6.45) is 4.35. The molecule has 1 saturated heterocycles. The Morgan fingerprint density at radius 1 is 1.38 bits per heavy atom. The number of nitrogens with zero attached hydrogens (tertiary/aromatic N) is 2. The number of rotatable bonds is 7. The van der Waals surface area contributed by atoms with E-state index in [-0.39, 0.29) is 0 Å². The molecule has 0 aromatic carbocycles. The zero-order valence-corrected chi connectivity index (χ0v) is 16.4. The lowest BCUT2D eigenvalue weighted by Crippen LogP contribution is -2.40. The highest BCUT2D eigenvalue weighted by atomic mass is 79.9. The summed E-state index contributed by atoms with van der Waals surface area (Å²) in [6, 6.07) is 0.379. The number of aromatic nitrogens is 2. The van der Waals surface area contributed by atoms with Gasteiger partial charge in [0.1, 0.15) is 0 Å². The van der Waals surface area contributed by atoms with Gasteiger partial charge < -0.3 is 5.32 Å². The van der Waals surface area contributed by atoms with E-state index >= 15 is 0 Å². The van der Waals surface area contributed by atoms with Crippen LogP contribution in [-0.2, 0) is 6.54 Å². The molecule has 21 heavy (non-hydrogen) atoms. The van der Waals surface area contributed by atoms with Crippen molar-refractivity contribution in [2.45, 2.75) is 56.7 Å².